The van der Waals surface area contributed by atoms with Crippen molar-refractivity contribution in [1.29, 1.82) is 0 Å². The van der Waals surface area contributed by atoms with Crippen LogP contribution in [0.2, 0.25) is 0 Å². The summed E-state index contributed by atoms with van der Waals surface area (Å²) in [5, 5.41) is 0. The number of methoxy groups -OCH3 is 1. The number of hydrogen-bond acceptors (Lipinski definition) is 5. The van der Waals surface area contributed by atoms with Crippen LogP contribution in [0.3, 0.4) is 0 Å². The summed E-state index contributed by atoms with van der Waals surface area (Å²) >= 11 is 0. The monoisotopic (exact) mass is 399 g/mol. The number of Topliss-reactive ketones (excluding diaryl/α,β-unsaturated/α-hetero) is 1. The Morgan fingerprint density at radius 2 is 2.07 bits per heavy atom. The van der Waals surface area contributed by atoms with Crippen LogP contribution in [0.1, 0.15) is 44.7 Å². The van der Waals surface area contributed by atoms with Gasteiger partial charge in [-0.2, -0.15) is 0 Å². The molecule has 1 saturated carbocycles. The van der Waals surface area contributed by atoms with E-state index in [0.717, 1.165) is 30.6 Å². The zero-order chi connectivity index (χ0) is 20.5. The fourth-order valence-electron chi connectivity index (χ4n) is 4.83. The van der Waals surface area contributed by atoms with Gasteiger partial charge in [0.25, 0.3) is 5.91 Å². The number of rotatable bonds is 6. The van der Waals surface area contributed by atoms with Gasteiger partial charge in [0.2, 0.25) is 0 Å². The summed E-state index contributed by atoms with van der Waals surface area (Å²) in [5.74, 6) is 1.16. The number of carbonyl (C=O) groups excluding carboxylic acids is 2. The van der Waals surface area contributed by atoms with Gasteiger partial charge < -0.3 is 19.1 Å². The molecule has 4 atom stereocenters. The summed E-state index contributed by atoms with van der Waals surface area (Å²) in [4.78, 5) is 28.5. The Morgan fingerprint density at radius 1 is 1.24 bits per heavy atom. The molecule has 2 aliphatic heterocycles. The molecule has 1 aliphatic carbocycles. The van der Waals surface area contributed by atoms with E-state index in [1.165, 1.54) is 0 Å². The number of ketones is 1. The molecule has 0 radical (unpaired) electrons. The van der Waals surface area contributed by atoms with Crippen LogP contribution < -0.4 is 4.74 Å². The SMILES string of the molecule is CCOc1cccc(C2C3=C(OC4CCC(C)CC4C3=O)C(=O)N2CCOC)c1. The van der Waals surface area contributed by atoms with Crippen molar-refractivity contribution in [3.63, 3.8) is 0 Å². The molecule has 0 spiro atoms. The highest BCUT2D eigenvalue weighted by Crippen LogP contribution is 2.47. The first kappa shape index (κ1) is 20.0. The maximum atomic E-state index is 13.6. The standard InChI is InChI=1S/C23H29NO5/c1-4-28-16-7-5-6-15(13-16)20-19-21(25)17-12-14(2)8-9-18(17)29-22(19)23(26)24(20)10-11-27-3/h5-7,13-14,17-18,20H,4,8-12H2,1-3H3. The third-order valence-electron chi connectivity index (χ3n) is 6.23. The van der Waals surface area contributed by atoms with Crippen molar-refractivity contribution in [3.8, 4) is 5.75 Å². The van der Waals surface area contributed by atoms with Crippen molar-refractivity contribution in [2.24, 2.45) is 11.8 Å². The first-order chi connectivity index (χ1) is 14.0. The normalized spacial score (nSPS) is 28.9. The second-order valence-corrected chi connectivity index (χ2v) is 8.19. The number of nitrogens with zero attached hydrogens (tertiary/aromatic N) is 1. The zero-order valence-corrected chi connectivity index (χ0v) is 17.3. The number of ether oxygens (including phenoxy) is 3. The number of amides is 1. The van der Waals surface area contributed by atoms with Gasteiger partial charge in [-0.1, -0.05) is 19.1 Å². The van der Waals surface area contributed by atoms with Gasteiger partial charge in [0, 0.05) is 13.7 Å². The van der Waals surface area contributed by atoms with Crippen LogP contribution >= 0.6 is 0 Å². The second kappa shape index (κ2) is 8.19. The Kier molecular flexibility index (Phi) is 5.63. The summed E-state index contributed by atoms with van der Waals surface area (Å²) < 4.78 is 17.1. The van der Waals surface area contributed by atoms with Gasteiger partial charge in [0.15, 0.2) is 11.5 Å². The molecule has 1 aromatic carbocycles. The van der Waals surface area contributed by atoms with Crippen LogP contribution in [0.15, 0.2) is 35.6 Å². The topological polar surface area (TPSA) is 65.1 Å². The summed E-state index contributed by atoms with van der Waals surface area (Å²) in [6.45, 7) is 5.46. The van der Waals surface area contributed by atoms with Gasteiger partial charge in [-0.05, 0) is 49.8 Å². The van der Waals surface area contributed by atoms with Crippen molar-refractivity contribution < 1.29 is 23.8 Å². The number of benzene rings is 1. The van der Waals surface area contributed by atoms with E-state index >= 15 is 0 Å². The molecule has 1 aromatic rings. The van der Waals surface area contributed by atoms with Crippen molar-refractivity contribution in [2.75, 3.05) is 26.9 Å². The minimum atomic E-state index is -0.460. The highest BCUT2D eigenvalue weighted by Gasteiger charge is 2.52. The molecule has 1 amide bonds. The maximum absolute atomic E-state index is 13.6. The zero-order valence-electron chi connectivity index (χ0n) is 17.3. The number of carbonyl (C=O) groups is 2. The van der Waals surface area contributed by atoms with E-state index in [-0.39, 0.29) is 29.5 Å². The third kappa shape index (κ3) is 3.54. The molecule has 29 heavy (non-hydrogen) atoms. The van der Waals surface area contributed by atoms with Crippen molar-refractivity contribution in [1.82, 2.24) is 4.90 Å². The molecule has 1 fully saturated rings. The highest BCUT2D eigenvalue weighted by atomic mass is 16.5. The predicted molar refractivity (Wildman–Crippen MR) is 107 cm³/mol. The lowest BCUT2D eigenvalue weighted by Crippen LogP contribution is -2.41. The maximum Gasteiger partial charge on any atom is 0.290 e. The van der Waals surface area contributed by atoms with Crippen LogP contribution in [-0.2, 0) is 19.1 Å². The van der Waals surface area contributed by atoms with Crippen LogP contribution in [0.4, 0.5) is 0 Å². The second-order valence-electron chi connectivity index (χ2n) is 8.19. The molecular formula is C23H29NO5. The lowest BCUT2D eigenvalue weighted by molar-refractivity contribution is -0.136. The van der Waals surface area contributed by atoms with E-state index in [9.17, 15) is 9.59 Å². The fourth-order valence-corrected chi connectivity index (χ4v) is 4.83. The van der Waals surface area contributed by atoms with E-state index < -0.39 is 6.04 Å². The Balaban J connectivity index is 1.75. The highest BCUT2D eigenvalue weighted by molar-refractivity contribution is 6.11. The molecule has 0 saturated heterocycles. The predicted octanol–water partition coefficient (Wildman–Crippen LogP) is 3.27. The van der Waals surface area contributed by atoms with E-state index in [4.69, 9.17) is 14.2 Å². The van der Waals surface area contributed by atoms with Crippen molar-refractivity contribution >= 4 is 11.7 Å². The quantitative estimate of drug-likeness (QED) is 0.735. The van der Waals surface area contributed by atoms with Gasteiger partial charge >= 0.3 is 0 Å². The molecule has 4 rings (SSSR count). The number of fused-ring (bicyclic) bond motifs is 1. The molecule has 156 valence electrons. The van der Waals surface area contributed by atoms with Crippen LogP contribution in [0.25, 0.3) is 0 Å². The van der Waals surface area contributed by atoms with Gasteiger partial charge in [-0.25, -0.2) is 0 Å². The van der Waals surface area contributed by atoms with Crippen molar-refractivity contribution in [2.45, 2.75) is 45.3 Å². The Hall–Kier alpha value is -2.34. The summed E-state index contributed by atoms with van der Waals surface area (Å²) in [6, 6.07) is 7.19. The van der Waals surface area contributed by atoms with Gasteiger partial charge in [0.05, 0.1) is 30.7 Å². The van der Waals surface area contributed by atoms with Crippen LogP contribution in [0.5, 0.6) is 5.75 Å². The largest absolute Gasteiger partial charge is 0.494 e. The molecule has 6 nitrogen and oxygen atoms in total. The van der Waals surface area contributed by atoms with Gasteiger partial charge in [-0.15, -0.1) is 0 Å². The van der Waals surface area contributed by atoms with Gasteiger partial charge in [-0.3, -0.25) is 9.59 Å². The van der Waals surface area contributed by atoms with E-state index in [1.54, 1.807) is 12.0 Å². The summed E-state index contributed by atoms with van der Waals surface area (Å²) in [7, 11) is 1.61. The number of hydrogen-bond donors (Lipinski definition) is 0. The Bertz CT molecular complexity index is 832. The van der Waals surface area contributed by atoms with Crippen LogP contribution in [0, 0.1) is 11.8 Å². The molecule has 4 unspecified atom stereocenters. The van der Waals surface area contributed by atoms with Crippen LogP contribution in [-0.4, -0.2) is 49.6 Å². The summed E-state index contributed by atoms with van der Waals surface area (Å²) in [5.41, 5.74) is 1.37. The minimum absolute atomic E-state index is 0.0721. The molecule has 0 bridgehead atoms. The minimum Gasteiger partial charge on any atom is -0.494 e. The average molecular weight is 399 g/mol. The van der Waals surface area contributed by atoms with Crippen molar-refractivity contribution in [3.05, 3.63) is 41.2 Å². The van der Waals surface area contributed by atoms with E-state index in [0.29, 0.717) is 31.2 Å². The smallest absolute Gasteiger partial charge is 0.290 e. The Labute approximate surface area is 171 Å². The lowest BCUT2D eigenvalue weighted by Gasteiger charge is -2.37. The molecule has 0 aromatic heterocycles. The molecule has 3 aliphatic rings. The lowest BCUT2D eigenvalue weighted by atomic mass is 9.74. The first-order valence-electron chi connectivity index (χ1n) is 10.5. The van der Waals surface area contributed by atoms with Gasteiger partial charge in [0.1, 0.15) is 11.9 Å². The molecular weight excluding hydrogens is 370 g/mol. The molecule has 0 N–H and O–H groups in total. The Morgan fingerprint density at radius 3 is 2.83 bits per heavy atom. The third-order valence-corrected chi connectivity index (χ3v) is 6.23. The van der Waals surface area contributed by atoms with E-state index in [1.807, 2.05) is 31.2 Å². The fraction of sp³-hybridized carbons (Fsp3) is 0.565. The molecule has 2 heterocycles. The summed E-state index contributed by atoms with van der Waals surface area (Å²) in [6.07, 6.45) is 2.49. The first-order valence-corrected chi connectivity index (χ1v) is 10.5. The van der Waals surface area contributed by atoms with E-state index in [2.05, 4.69) is 6.92 Å². The molecule has 6 heteroatoms. The average Bonchev–Trinajstić information content (AvgIpc) is 3.00.